The molecule has 1 aromatic carbocycles. The summed E-state index contributed by atoms with van der Waals surface area (Å²) < 4.78 is 5.50. The van der Waals surface area contributed by atoms with Gasteiger partial charge in [0.15, 0.2) is 11.2 Å². The van der Waals surface area contributed by atoms with Crippen molar-refractivity contribution >= 4 is 22.6 Å². The first-order valence-corrected chi connectivity index (χ1v) is 5.09. The van der Waals surface area contributed by atoms with Crippen LogP contribution in [0.3, 0.4) is 0 Å². The number of nitrogens with zero attached hydrogens (tertiary/aromatic N) is 3. The summed E-state index contributed by atoms with van der Waals surface area (Å²) in [7, 11) is 0. The molecule has 17 heavy (non-hydrogen) atoms. The van der Waals surface area contributed by atoms with Crippen molar-refractivity contribution in [2.24, 2.45) is 0 Å². The average Bonchev–Trinajstić information content (AvgIpc) is 2.83. The zero-order chi connectivity index (χ0) is 11.8. The second kappa shape index (κ2) is 3.67. The number of H-pyrrole nitrogens is 1. The van der Waals surface area contributed by atoms with Crippen LogP contribution < -0.4 is 5.43 Å². The quantitative estimate of drug-likeness (QED) is 0.707. The third kappa shape index (κ3) is 1.68. The van der Waals surface area contributed by atoms with E-state index in [9.17, 15) is 4.79 Å². The molecule has 7 heteroatoms. The van der Waals surface area contributed by atoms with Crippen molar-refractivity contribution in [3.8, 4) is 11.6 Å². The number of aromatic nitrogens is 4. The minimum atomic E-state index is -0.200. The molecule has 0 spiro atoms. The van der Waals surface area contributed by atoms with E-state index in [1.165, 1.54) is 6.07 Å². The Morgan fingerprint density at radius 2 is 2.18 bits per heavy atom. The number of benzene rings is 1. The van der Waals surface area contributed by atoms with Gasteiger partial charge in [-0.25, -0.2) is 0 Å². The number of tetrazole rings is 1. The van der Waals surface area contributed by atoms with Gasteiger partial charge in [0, 0.05) is 11.1 Å². The molecule has 0 unspecified atom stereocenters. The SMILES string of the molecule is O=c1cc(-c2nn[nH]n2)oc2ccc(Cl)cc12. The van der Waals surface area contributed by atoms with Crippen LogP contribution >= 0.6 is 11.6 Å². The van der Waals surface area contributed by atoms with Crippen LogP contribution in [0, 0.1) is 0 Å². The van der Waals surface area contributed by atoms with Crippen LogP contribution in [0.25, 0.3) is 22.6 Å². The second-order valence-corrected chi connectivity index (χ2v) is 3.79. The van der Waals surface area contributed by atoms with E-state index in [1.54, 1.807) is 18.2 Å². The van der Waals surface area contributed by atoms with E-state index in [-0.39, 0.29) is 17.0 Å². The molecule has 3 rings (SSSR count). The number of fused-ring (bicyclic) bond motifs is 1. The van der Waals surface area contributed by atoms with Crippen LogP contribution in [-0.4, -0.2) is 20.6 Å². The number of rotatable bonds is 1. The van der Waals surface area contributed by atoms with Crippen LogP contribution in [0.4, 0.5) is 0 Å². The maximum Gasteiger partial charge on any atom is 0.239 e. The first kappa shape index (κ1) is 9.98. The summed E-state index contributed by atoms with van der Waals surface area (Å²) in [5.74, 6) is 0.498. The standard InChI is InChI=1S/C10H5ClN4O2/c11-5-1-2-8-6(3-5)7(16)4-9(17-8)10-12-14-15-13-10/h1-4H,(H,12,13,14,15). The van der Waals surface area contributed by atoms with Crippen LogP contribution in [-0.2, 0) is 0 Å². The van der Waals surface area contributed by atoms with Gasteiger partial charge in [0.1, 0.15) is 5.58 Å². The molecule has 0 aliphatic carbocycles. The lowest BCUT2D eigenvalue weighted by atomic mass is 10.2. The average molecular weight is 249 g/mol. The van der Waals surface area contributed by atoms with Gasteiger partial charge in [-0.15, -0.1) is 10.2 Å². The minimum Gasteiger partial charge on any atom is -0.452 e. The first-order chi connectivity index (χ1) is 8.24. The number of hydrogen-bond acceptors (Lipinski definition) is 5. The van der Waals surface area contributed by atoms with Crippen LogP contribution in [0.1, 0.15) is 0 Å². The fourth-order valence-electron chi connectivity index (χ4n) is 1.50. The zero-order valence-electron chi connectivity index (χ0n) is 8.35. The topological polar surface area (TPSA) is 84.7 Å². The Morgan fingerprint density at radius 1 is 1.29 bits per heavy atom. The fourth-order valence-corrected chi connectivity index (χ4v) is 1.68. The monoisotopic (exact) mass is 248 g/mol. The number of nitrogens with one attached hydrogen (secondary N) is 1. The van der Waals surface area contributed by atoms with Crippen LogP contribution in [0.15, 0.2) is 33.5 Å². The van der Waals surface area contributed by atoms with E-state index in [0.717, 1.165) is 0 Å². The molecule has 6 nitrogen and oxygen atoms in total. The number of aromatic amines is 1. The van der Waals surface area contributed by atoms with Gasteiger partial charge in [0.2, 0.25) is 5.82 Å². The fraction of sp³-hybridized carbons (Fsp3) is 0. The Kier molecular flexibility index (Phi) is 2.15. The van der Waals surface area contributed by atoms with Gasteiger partial charge in [0.05, 0.1) is 5.39 Å². The molecule has 2 heterocycles. The zero-order valence-corrected chi connectivity index (χ0v) is 9.10. The van der Waals surface area contributed by atoms with E-state index < -0.39 is 0 Å². The van der Waals surface area contributed by atoms with Gasteiger partial charge in [-0.1, -0.05) is 11.6 Å². The van der Waals surface area contributed by atoms with Crippen molar-refractivity contribution in [1.82, 2.24) is 20.6 Å². The smallest absolute Gasteiger partial charge is 0.239 e. The Bertz CT molecular complexity index is 736. The maximum atomic E-state index is 11.8. The molecule has 0 saturated heterocycles. The summed E-state index contributed by atoms with van der Waals surface area (Å²) >= 11 is 5.81. The molecule has 0 fully saturated rings. The highest BCUT2D eigenvalue weighted by Crippen LogP contribution is 2.20. The molecule has 0 atom stereocenters. The molecular formula is C10H5ClN4O2. The predicted molar refractivity (Wildman–Crippen MR) is 60.7 cm³/mol. The van der Waals surface area contributed by atoms with Crippen molar-refractivity contribution < 1.29 is 4.42 Å². The van der Waals surface area contributed by atoms with Gasteiger partial charge in [-0.05, 0) is 23.4 Å². The third-order valence-electron chi connectivity index (χ3n) is 2.25. The van der Waals surface area contributed by atoms with Gasteiger partial charge < -0.3 is 4.42 Å². The van der Waals surface area contributed by atoms with Gasteiger partial charge in [-0.2, -0.15) is 5.21 Å². The summed E-state index contributed by atoms with van der Waals surface area (Å²) in [5, 5.41) is 14.1. The normalized spacial score (nSPS) is 10.9. The second-order valence-electron chi connectivity index (χ2n) is 3.35. The molecule has 0 aliphatic heterocycles. The lowest BCUT2D eigenvalue weighted by molar-refractivity contribution is 0.613. The third-order valence-corrected chi connectivity index (χ3v) is 2.49. The van der Waals surface area contributed by atoms with Crippen molar-refractivity contribution in [3.63, 3.8) is 0 Å². The van der Waals surface area contributed by atoms with Crippen LogP contribution in [0.5, 0.6) is 0 Å². The van der Waals surface area contributed by atoms with E-state index in [2.05, 4.69) is 20.6 Å². The molecule has 0 aliphatic rings. The number of halogens is 1. The molecule has 2 aromatic heterocycles. The van der Waals surface area contributed by atoms with Gasteiger partial charge >= 0.3 is 0 Å². The van der Waals surface area contributed by atoms with E-state index >= 15 is 0 Å². The molecule has 0 amide bonds. The number of hydrogen-bond donors (Lipinski definition) is 1. The molecule has 0 radical (unpaired) electrons. The largest absolute Gasteiger partial charge is 0.452 e. The van der Waals surface area contributed by atoms with Crippen molar-refractivity contribution in [2.75, 3.05) is 0 Å². The van der Waals surface area contributed by atoms with Crippen molar-refractivity contribution in [2.45, 2.75) is 0 Å². The Balaban J connectivity index is 2.32. The Hall–Kier alpha value is -2.21. The predicted octanol–water partition coefficient (Wildman–Crippen LogP) is 1.63. The highest BCUT2D eigenvalue weighted by Gasteiger charge is 2.10. The Morgan fingerprint density at radius 3 is 2.94 bits per heavy atom. The maximum absolute atomic E-state index is 11.8. The van der Waals surface area contributed by atoms with Crippen molar-refractivity contribution in [3.05, 3.63) is 39.5 Å². The molecule has 3 aromatic rings. The first-order valence-electron chi connectivity index (χ1n) is 4.71. The molecule has 84 valence electrons. The molecule has 0 bridgehead atoms. The lowest BCUT2D eigenvalue weighted by Gasteiger charge is -1.99. The lowest BCUT2D eigenvalue weighted by Crippen LogP contribution is -2.00. The highest BCUT2D eigenvalue weighted by molar-refractivity contribution is 6.31. The molecule has 0 saturated carbocycles. The Labute approximate surface area is 99.2 Å². The van der Waals surface area contributed by atoms with E-state index in [1.807, 2.05) is 0 Å². The van der Waals surface area contributed by atoms with Gasteiger partial charge in [0.25, 0.3) is 0 Å². The minimum absolute atomic E-state index is 0.200. The van der Waals surface area contributed by atoms with Crippen LogP contribution in [0.2, 0.25) is 5.02 Å². The van der Waals surface area contributed by atoms with E-state index in [0.29, 0.717) is 16.0 Å². The van der Waals surface area contributed by atoms with Gasteiger partial charge in [-0.3, -0.25) is 4.79 Å². The van der Waals surface area contributed by atoms with E-state index in [4.69, 9.17) is 16.0 Å². The summed E-state index contributed by atoms with van der Waals surface area (Å²) in [4.78, 5) is 11.8. The highest BCUT2D eigenvalue weighted by atomic mass is 35.5. The summed E-state index contributed by atoms with van der Waals surface area (Å²) in [5.41, 5.74) is 0.232. The summed E-state index contributed by atoms with van der Waals surface area (Å²) in [6.07, 6.45) is 0. The molecular weight excluding hydrogens is 244 g/mol. The summed E-state index contributed by atoms with van der Waals surface area (Å²) in [6.45, 7) is 0. The molecule has 1 N–H and O–H groups in total. The summed E-state index contributed by atoms with van der Waals surface area (Å²) in [6, 6.07) is 6.14. The van der Waals surface area contributed by atoms with Crippen molar-refractivity contribution in [1.29, 1.82) is 0 Å².